The normalized spacial score (nSPS) is 20.9. The molecule has 1 aliphatic carbocycles. The molecule has 0 saturated carbocycles. The van der Waals surface area contributed by atoms with Crippen LogP contribution in [-0.2, 0) is 23.9 Å². The molecule has 1 N–H and O–H groups in total. The van der Waals surface area contributed by atoms with Gasteiger partial charge in [-0.2, -0.15) is 0 Å². The highest BCUT2D eigenvalue weighted by Gasteiger charge is 2.46. The second-order valence-corrected chi connectivity index (χ2v) is 7.34. The zero-order valence-corrected chi connectivity index (χ0v) is 16.2. The van der Waals surface area contributed by atoms with Crippen molar-refractivity contribution in [1.82, 2.24) is 4.90 Å². The van der Waals surface area contributed by atoms with Gasteiger partial charge in [-0.1, -0.05) is 23.8 Å². The molecule has 0 radical (unpaired) electrons. The van der Waals surface area contributed by atoms with E-state index in [0.717, 1.165) is 10.5 Å². The fourth-order valence-electron chi connectivity index (χ4n) is 3.46. The molecule has 1 aliphatic heterocycles. The van der Waals surface area contributed by atoms with Crippen LogP contribution in [0.1, 0.15) is 24.8 Å². The molecule has 28 heavy (non-hydrogen) atoms. The van der Waals surface area contributed by atoms with Crippen LogP contribution < -0.4 is 5.32 Å². The molecule has 1 aromatic rings. The first-order valence-corrected chi connectivity index (χ1v) is 9.46. The lowest BCUT2D eigenvalue weighted by atomic mass is 9.85. The van der Waals surface area contributed by atoms with E-state index in [-0.39, 0.29) is 36.6 Å². The van der Waals surface area contributed by atoms with Crippen molar-refractivity contribution in [2.24, 2.45) is 11.8 Å². The van der Waals surface area contributed by atoms with E-state index >= 15 is 0 Å². The summed E-state index contributed by atoms with van der Waals surface area (Å²) in [6, 6.07) is 5.02. The molecule has 3 rings (SSSR count). The Kier molecular flexibility index (Phi) is 6.14. The van der Waals surface area contributed by atoms with Crippen LogP contribution in [0.3, 0.4) is 0 Å². The molecule has 1 heterocycles. The lowest BCUT2D eigenvalue weighted by molar-refractivity contribution is -0.148. The molecule has 1 saturated heterocycles. The summed E-state index contributed by atoms with van der Waals surface area (Å²) in [5.74, 6) is -2.23. The molecule has 1 fully saturated rings. The number of imide groups is 1. The van der Waals surface area contributed by atoms with Gasteiger partial charge in [-0.3, -0.25) is 24.1 Å². The van der Waals surface area contributed by atoms with Crippen LogP contribution in [0.5, 0.6) is 0 Å². The van der Waals surface area contributed by atoms with Crippen LogP contribution in [0.2, 0.25) is 5.02 Å². The summed E-state index contributed by atoms with van der Waals surface area (Å²) in [5, 5.41) is 3.20. The molecule has 0 unspecified atom stereocenters. The van der Waals surface area contributed by atoms with Gasteiger partial charge in [0.05, 0.1) is 18.3 Å². The maximum atomic E-state index is 12.3. The fourth-order valence-corrected chi connectivity index (χ4v) is 3.69. The number of allylic oxidation sites excluding steroid dienone is 2. The molecular weight excluding hydrogens is 384 g/mol. The number of esters is 1. The number of carbonyl (C=O) groups excluding carboxylic acids is 4. The van der Waals surface area contributed by atoms with Crippen molar-refractivity contribution in [3.8, 4) is 0 Å². The van der Waals surface area contributed by atoms with E-state index in [1.807, 2.05) is 12.2 Å². The van der Waals surface area contributed by atoms with Gasteiger partial charge in [0, 0.05) is 17.3 Å². The predicted molar refractivity (Wildman–Crippen MR) is 102 cm³/mol. The smallest absolute Gasteiger partial charge is 0.308 e. The summed E-state index contributed by atoms with van der Waals surface area (Å²) < 4.78 is 4.95. The first-order chi connectivity index (χ1) is 13.4. The third-order valence-electron chi connectivity index (χ3n) is 4.97. The SMILES string of the molecule is Cc1cc(Cl)ccc1NC(=O)COC(=O)CCN1C(=O)[C@@H]2CC=CC[C@H]2C1=O. The number of benzene rings is 1. The van der Waals surface area contributed by atoms with E-state index in [4.69, 9.17) is 16.3 Å². The molecule has 0 spiro atoms. The number of nitrogens with one attached hydrogen (secondary N) is 1. The van der Waals surface area contributed by atoms with Crippen molar-refractivity contribution in [1.29, 1.82) is 0 Å². The standard InChI is InChI=1S/C20H21ClN2O5/c1-12-10-13(21)6-7-16(12)22-17(24)11-28-18(25)8-9-23-19(26)14-4-2-3-5-15(14)20(23)27/h2-3,6-7,10,14-15H,4-5,8-9,11H2,1H3,(H,22,24)/t14-,15-/m1/s1. The maximum absolute atomic E-state index is 12.3. The van der Waals surface area contributed by atoms with Gasteiger partial charge in [0.15, 0.2) is 6.61 Å². The Labute approximate surface area is 167 Å². The average molecular weight is 405 g/mol. The third kappa shape index (κ3) is 4.42. The van der Waals surface area contributed by atoms with Gasteiger partial charge in [0.1, 0.15) is 0 Å². The van der Waals surface area contributed by atoms with Gasteiger partial charge in [0.2, 0.25) is 11.8 Å². The minimum absolute atomic E-state index is 0.0264. The van der Waals surface area contributed by atoms with Crippen LogP contribution in [-0.4, -0.2) is 41.7 Å². The zero-order valence-electron chi connectivity index (χ0n) is 15.4. The quantitative estimate of drug-likeness (QED) is 0.446. The zero-order chi connectivity index (χ0) is 20.3. The Hall–Kier alpha value is -2.67. The van der Waals surface area contributed by atoms with Crippen molar-refractivity contribution in [2.75, 3.05) is 18.5 Å². The lowest BCUT2D eigenvalue weighted by Gasteiger charge is -2.14. The summed E-state index contributed by atoms with van der Waals surface area (Å²) in [4.78, 5) is 49.7. The van der Waals surface area contributed by atoms with E-state index in [1.165, 1.54) is 0 Å². The number of fused-ring (bicyclic) bond motifs is 1. The van der Waals surface area contributed by atoms with E-state index in [0.29, 0.717) is 23.6 Å². The summed E-state index contributed by atoms with van der Waals surface area (Å²) >= 11 is 5.87. The van der Waals surface area contributed by atoms with E-state index in [9.17, 15) is 19.2 Å². The van der Waals surface area contributed by atoms with Gasteiger partial charge >= 0.3 is 5.97 Å². The summed E-state index contributed by atoms with van der Waals surface area (Å²) in [6.45, 7) is 1.32. The highest BCUT2D eigenvalue weighted by Crippen LogP contribution is 2.35. The fraction of sp³-hybridized carbons (Fsp3) is 0.400. The number of hydrogen-bond donors (Lipinski definition) is 1. The molecule has 148 valence electrons. The first kappa shape index (κ1) is 20.1. The minimum Gasteiger partial charge on any atom is -0.456 e. The van der Waals surface area contributed by atoms with E-state index in [1.54, 1.807) is 25.1 Å². The van der Waals surface area contributed by atoms with Gasteiger partial charge in [-0.15, -0.1) is 0 Å². The number of rotatable bonds is 6. The first-order valence-electron chi connectivity index (χ1n) is 9.08. The van der Waals surface area contributed by atoms with Crippen LogP contribution >= 0.6 is 11.6 Å². The monoisotopic (exact) mass is 404 g/mol. The second kappa shape index (κ2) is 8.56. The molecule has 2 aliphatic rings. The van der Waals surface area contributed by atoms with Crippen molar-refractivity contribution >= 4 is 41.0 Å². The number of nitrogens with zero attached hydrogens (tertiary/aromatic N) is 1. The second-order valence-electron chi connectivity index (χ2n) is 6.90. The number of aryl methyl sites for hydroxylation is 1. The summed E-state index contributed by atoms with van der Waals surface area (Å²) in [5.41, 5.74) is 1.36. The molecule has 8 heteroatoms. The molecular formula is C20H21ClN2O5. The van der Waals surface area contributed by atoms with Crippen molar-refractivity contribution in [2.45, 2.75) is 26.2 Å². The average Bonchev–Trinajstić information content (AvgIpc) is 2.91. The highest BCUT2D eigenvalue weighted by atomic mass is 35.5. The van der Waals surface area contributed by atoms with Gasteiger partial charge < -0.3 is 10.1 Å². The van der Waals surface area contributed by atoms with Gasteiger partial charge in [0.25, 0.3) is 5.91 Å². The van der Waals surface area contributed by atoms with E-state index < -0.39 is 18.5 Å². The molecule has 1 aromatic carbocycles. The number of ether oxygens (including phenoxy) is 1. The molecule has 7 nitrogen and oxygen atoms in total. The van der Waals surface area contributed by atoms with Gasteiger partial charge in [-0.05, 0) is 43.5 Å². The van der Waals surface area contributed by atoms with Gasteiger partial charge in [-0.25, -0.2) is 0 Å². The Morgan fingerprint density at radius 3 is 2.43 bits per heavy atom. The Bertz CT molecular complexity index is 825. The highest BCUT2D eigenvalue weighted by molar-refractivity contribution is 6.30. The van der Waals surface area contributed by atoms with Crippen molar-refractivity contribution in [3.63, 3.8) is 0 Å². The Morgan fingerprint density at radius 2 is 1.82 bits per heavy atom. The van der Waals surface area contributed by atoms with Crippen LogP contribution in [0, 0.1) is 18.8 Å². The number of amides is 3. The predicted octanol–water partition coefficient (Wildman–Crippen LogP) is 2.47. The molecule has 0 aromatic heterocycles. The molecule has 0 bridgehead atoms. The third-order valence-corrected chi connectivity index (χ3v) is 5.20. The minimum atomic E-state index is -0.642. The molecule has 3 amide bonds. The number of halogens is 1. The van der Waals surface area contributed by atoms with Crippen LogP contribution in [0.25, 0.3) is 0 Å². The van der Waals surface area contributed by atoms with Crippen molar-refractivity contribution in [3.05, 3.63) is 40.9 Å². The maximum Gasteiger partial charge on any atom is 0.308 e. The van der Waals surface area contributed by atoms with Crippen LogP contribution in [0.4, 0.5) is 5.69 Å². The Morgan fingerprint density at radius 1 is 1.18 bits per heavy atom. The van der Waals surface area contributed by atoms with Crippen molar-refractivity contribution < 1.29 is 23.9 Å². The number of carbonyl (C=O) groups is 4. The number of hydrogen-bond acceptors (Lipinski definition) is 5. The summed E-state index contributed by atoms with van der Waals surface area (Å²) in [6.07, 6.45) is 4.79. The number of anilines is 1. The summed E-state index contributed by atoms with van der Waals surface area (Å²) in [7, 11) is 0. The van der Waals surface area contributed by atoms with Crippen LogP contribution in [0.15, 0.2) is 30.4 Å². The van der Waals surface area contributed by atoms with E-state index in [2.05, 4.69) is 5.32 Å². The lowest BCUT2D eigenvalue weighted by Crippen LogP contribution is -2.33. The number of likely N-dealkylation sites (tertiary alicyclic amines) is 1. The Balaban J connectivity index is 1.44. The molecule has 2 atom stereocenters. The largest absolute Gasteiger partial charge is 0.456 e. The topological polar surface area (TPSA) is 92.8 Å².